The molecule has 2 atom stereocenters. The second-order valence-electron chi connectivity index (χ2n) is 16.2. The fourth-order valence-corrected chi connectivity index (χ4v) is 8.16. The molecule has 0 saturated carbocycles. The lowest BCUT2D eigenvalue weighted by Gasteiger charge is -2.39. The van der Waals surface area contributed by atoms with Gasteiger partial charge >= 0.3 is 12.4 Å². The Morgan fingerprint density at radius 3 is 1.82 bits per heavy atom. The average Bonchev–Trinajstić information content (AvgIpc) is 3.49. The van der Waals surface area contributed by atoms with Gasteiger partial charge < -0.3 is 20.3 Å². The molecule has 2 heterocycles. The summed E-state index contributed by atoms with van der Waals surface area (Å²) < 4.78 is 84.1. The molecule has 2 unspecified atom stereocenters. The van der Waals surface area contributed by atoms with Crippen molar-refractivity contribution in [3.05, 3.63) is 143 Å². The maximum absolute atomic E-state index is 14.2. The van der Waals surface area contributed by atoms with Crippen LogP contribution in [0.4, 0.5) is 26.3 Å². The van der Waals surface area contributed by atoms with Crippen LogP contribution in [0.5, 0.6) is 5.75 Å². The van der Waals surface area contributed by atoms with Crippen molar-refractivity contribution >= 4 is 21.8 Å². The number of H-pyrrole nitrogens is 1. The van der Waals surface area contributed by atoms with E-state index in [4.69, 9.17) is 0 Å². The Balaban J connectivity index is 0.000000215. The third kappa shape index (κ3) is 9.22. The largest absolute Gasteiger partial charge is 0.508 e. The summed E-state index contributed by atoms with van der Waals surface area (Å²) >= 11 is 0. The maximum atomic E-state index is 14.2. The highest BCUT2D eigenvalue weighted by molar-refractivity contribution is 5.82. The number of nitrogens with one attached hydrogen (secondary N) is 1. The first-order chi connectivity index (χ1) is 25.9. The molecular weight excluding hydrogens is 730 g/mol. The Labute approximate surface area is 323 Å². The van der Waals surface area contributed by atoms with Gasteiger partial charge in [0.2, 0.25) is 0 Å². The number of pyridine rings is 1. The minimum Gasteiger partial charge on any atom is -0.508 e. The SMILES string of the molecule is CC(C)(CC(O)(Cc1cc2ccccc2[nH]1)C(F)(F)F)c1cccc(O)c1.Cc1cccc(C)c1C(C)(C)CC(O)(Cc1ccnc2ccccc12)C(F)(F)F. The number of benzene rings is 4. The first-order valence-corrected chi connectivity index (χ1v) is 18.3. The van der Waals surface area contributed by atoms with Crippen LogP contribution in [0.3, 0.4) is 0 Å². The average molecular weight is 779 g/mol. The molecule has 56 heavy (non-hydrogen) atoms. The van der Waals surface area contributed by atoms with Gasteiger partial charge in [-0.3, -0.25) is 4.98 Å². The topological polar surface area (TPSA) is 89.4 Å². The van der Waals surface area contributed by atoms with Crippen molar-refractivity contribution in [2.45, 2.75) is 102 Å². The second kappa shape index (κ2) is 15.6. The fraction of sp³-hybridized carbons (Fsp3) is 0.356. The molecule has 5 nitrogen and oxygen atoms in total. The van der Waals surface area contributed by atoms with Gasteiger partial charge in [0.15, 0.2) is 11.2 Å². The van der Waals surface area contributed by atoms with E-state index in [1.165, 1.54) is 18.3 Å². The zero-order valence-corrected chi connectivity index (χ0v) is 32.3. The van der Waals surface area contributed by atoms with Crippen molar-refractivity contribution in [1.82, 2.24) is 9.97 Å². The number of halogens is 6. The fourth-order valence-electron chi connectivity index (χ4n) is 8.16. The van der Waals surface area contributed by atoms with Crippen LogP contribution in [0, 0.1) is 13.8 Å². The minimum atomic E-state index is -4.81. The summed E-state index contributed by atoms with van der Waals surface area (Å²) in [5, 5.41) is 32.8. The number of aromatic amines is 1. The second-order valence-corrected chi connectivity index (χ2v) is 16.2. The normalized spacial score (nSPS) is 14.9. The summed E-state index contributed by atoms with van der Waals surface area (Å²) in [5.41, 5.74) is -2.33. The lowest BCUT2D eigenvalue weighted by atomic mass is 9.70. The number of hydrogen-bond acceptors (Lipinski definition) is 4. The summed E-state index contributed by atoms with van der Waals surface area (Å²) in [5.74, 6) is -0.0215. The van der Waals surface area contributed by atoms with E-state index < -0.39 is 60.1 Å². The molecule has 0 radical (unpaired) electrons. The van der Waals surface area contributed by atoms with E-state index in [1.807, 2.05) is 32.0 Å². The lowest BCUT2D eigenvalue weighted by Crippen LogP contribution is -2.51. The number of nitrogens with zero attached hydrogens (tertiary/aromatic N) is 1. The van der Waals surface area contributed by atoms with Gasteiger partial charge in [0, 0.05) is 35.6 Å². The Morgan fingerprint density at radius 2 is 1.20 bits per heavy atom. The van der Waals surface area contributed by atoms with Crippen LogP contribution in [-0.4, -0.2) is 48.8 Å². The molecule has 4 N–H and O–H groups in total. The number of aromatic nitrogens is 2. The molecule has 0 spiro atoms. The van der Waals surface area contributed by atoms with E-state index in [0.717, 1.165) is 27.6 Å². The van der Waals surface area contributed by atoms with E-state index >= 15 is 0 Å². The van der Waals surface area contributed by atoms with Gasteiger partial charge in [-0.2, -0.15) is 26.3 Å². The standard InChI is InChI=1S/C24H26F3NO.C21H22F3NO2/c1-16-8-7-9-17(2)21(16)22(3,4)15-23(29,24(25,26)27)14-18-12-13-28-20-11-6-5-10-19(18)20;1-19(2,15-7-5-8-17(26)11-15)13-20(27,21(22,23)24)12-16-10-14-6-3-4-9-18(14)25-16/h5-13,29H,14-15H2,1-4H3;3-11,25-27H,12-13H2,1-2H3. The summed E-state index contributed by atoms with van der Waals surface area (Å²) in [4.78, 5) is 7.17. The highest BCUT2D eigenvalue weighted by atomic mass is 19.4. The first-order valence-electron chi connectivity index (χ1n) is 18.3. The molecule has 0 aliphatic heterocycles. The van der Waals surface area contributed by atoms with Crippen LogP contribution in [0.25, 0.3) is 21.8 Å². The number of fused-ring (bicyclic) bond motifs is 2. The molecule has 6 aromatic rings. The highest BCUT2D eigenvalue weighted by Gasteiger charge is 2.57. The van der Waals surface area contributed by atoms with Gasteiger partial charge in [-0.1, -0.05) is 94.4 Å². The summed E-state index contributed by atoms with van der Waals surface area (Å²) in [6.07, 6.45) is -10.2. The van der Waals surface area contributed by atoms with Crippen LogP contribution in [0.15, 0.2) is 109 Å². The number of aryl methyl sites for hydroxylation is 2. The molecule has 0 saturated heterocycles. The van der Waals surface area contributed by atoms with Crippen molar-refractivity contribution in [3.8, 4) is 5.75 Å². The van der Waals surface area contributed by atoms with E-state index in [2.05, 4.69) is 9.97 Å². The quantitative estimate of drug-likeness (QED) is 0.104. The van der Waals surface area contributed by atoms with Gasteiger partial charge in [0.05, 0.1) is 5.52 Å². The van der Waals surface area contributed by atoms with Crippen molar-refractivity contribution in [2.24, 2.45) is 0 Å². The van der Waals surface area contributed by atoms with Crippen LogP contribution >= 0.6 is 0 Å². The van der Waals surface area contributed by atoms with Crippen molar-refractivity contribution in [2.75, 3.05) is 0 Å². The Morgan fingerprint density at radius 1 is 0.625 bits per heavy atom. The summed E-state index contributed by atoms with van der Waals surface area (Å²) in [6.45, 7) is 10.6. The number of hydrogen-bond donors (Lipinski definition) is 4. The van der Waals surface area contributed by atoms with E-state index in [1.54, 1.807) is 100 Å². The number of aromatic hydroxyl groups is 1. The Bertz CT molecular complexity index is 2240. The smallest absolute Gasteiger partial charge is 0.417 e. The van der Waals surface area contributed by atoms with E-state index in [0.29, 0.717) is 27.7 Å². The molecule has 0 fully saturated rings. The summed E-state index contributed by atoms with van der Waals surface area (Å²) in [6, 6.07) is 29.2. The van der Waals surface area contributed by atoms with Gasteiger partial charge in [0.1, 0.15) is 5.75 Å². The molecule has 11 heteroatoms. The first kappa shape index (κ1) is 42.3. The summed E-state index contributed by atoms with van der Waals surface area (Å²) in [7, 11) is 0. The molecule has 4 aromatic carbocycles. The third-order valence-corrected chi connectivity index (χ3v) is 10.6. The number of phenols is 1. The van der Waals surface area contributed by atoms with Crippen molar-refractivity contribution < 1.29 is 41.7 Å². The van der Waals surface area contributed by atoms with E-state index in [9.17, 15) is 41.7 Å². The number of rotatable bonds is 10. The Hall–Kier alpha value is -4.87. The number of alkyl halides is 6. The highest BCUT2D eigenvalue weighted by Crippen LogP contribution is 2.46. The molecule has 298 valence electrons. The molecule has 0 aliphatic carbocycles. The molecule has 0 aliphatic rings. The maximum Gasteiger partial charge on any atom is 0.417 e. The van der Waals surface area contributed by atoms with Crippen LogP contribution in [-0.2, 0) is 23.7 Å². The van der Waals surface area contributed by atoms with Crippen LogP contribution in [0.2, 0.25) is 0 Å². The number of aliphatic hydroxyl groups is 2. The molecule has 6 rings (SSSR count). The van der Waals surface area contributed by atoms with Gasteiger partial charge in [0.25, 0.3) is 0 Å². The van der Waals surface area contributed by atoms with Gasteiger partial charge in [-0.15, -0.1) is 0 Å². The van der Waals surface area contributed by atoms with E-state index in [-0.39, 0.29) is 5.75 Å². The zero-order valence-electron chi connectivity index (χ0n) is 32.3. The monoisotopic (exact) mass is 778 g/mol. The molecular formula is C45H48F6N2O3. The molecule has 0 amide bonds. The molecule has 2 aromatic heterocycles. The minimum absolute atomic E-state index is 0.0215. The van der Waals surface area contributed by atoms with Crippen LogP contribution in [0.1, 0.15) is 74.0 Å². The number of phenolic OH excluding ortho intramolecular Hbond substituents is 1. The van der Waals surface area contributed by atoms with Crippen molar-refractivity contribution in [3.63, 3.8) is 0 Å². The van der Waals surface area contributed by atoms with Crippen LogP contribution < -0.4 is 0 Å². The number of para-hydroxylation sites is 2. The third-order valence-electron chi connectivity index (χ3n) is 10.6. The lowest BCUT2D eigenvalue weighted by molar-refractivity contribution is -0.266. The van der Waals surface area contributed by atoms with Gasteiger partial charge in [-0.05, 0) is 107 Å². The van der Waals surface area contributed by atoms with Crippen molar-refractivity contribution in [1.29, 1.82) is 0 Å². The van der Waals surface area contributed by atoms with Gasteiger partial charge in [-0.25, -0.2) is 0 Å². The zero-order chi connectivity index (χ0) is 41.3. The predicted molar refractivity (Wildman–Crippen MR) is 209 cm³/mol. The molecule has 0 bridgehead atoms. The Kier molecular flexibility index (Phi) is 11.8. The predicted octanol–water partition coefficient (Wildman–Crippen LogP) is 11.1.